The number of sulfonamides is 1. The molecule has 0 spiro atoms. The monoisotopic (exact) mass is 319 g/mol. The van der Waals surface area contributed by atoms with Crippen molar-refractivity contribution in [3.63, 3.8) is 0 Å². The fourth-order valence-electron chi connectivity index (χ4n) is 2.20. The number of hydrogen-bond donors (Lipinski definition) is 1. The van der Waals surface area contributed by atoms with Crippen LogP contribution in [0, 0.1) is 6.92 Å². The van der Waals surface area contributed by atoms with Crippen LogP contribution in [0.2, 0.25) is 0 Å². The number of para-hydroxylation sites is 1. The van der Waals surface area contributed by atoms with Gasteiger partial charge in [0.2, 0.25) is 0 Å². The molecule has 2 aromatic rings. The lowest BCUT2D eigenvalue weighted by molar-refractivity contribution is 0.297. The van der Waals surface area contributed by atoms with Gasteiger partial charge in [0, 0.05) is 12.5 Å². The molecule has 5 nitrogen and oxygen atoms in total. The Morgan fingerprint density at radius 2 is 1.73 bits per heavy atom. The third-order valence-corrected chi connectivity index (χ3v) is 4.78. The van der Waals surface area contributed by atoms with Crippen molar-refractivity contribution >= 4 is 15.7 Å². The molecule has 1 N–H and O–H groups in total. The molecule has 0 saturated carbocycles. The maximum atomic E-state index is 12.5. The van der Waals surface area contributed by atoms with E-state index in [1.54, 1.807) is 18.2 Å². The lowest BCUT2D eigenvalue weighted by Crippen LogP contribution is -2.13. The van der Waals surface area contributed by atoms with Gasteiger partial charge in [-0.3, -0.25) is 4.72 Å². The highest BCUT2D eigenvalue weighted by molar-refractivity contribution is 7.92. The van der Waals surface area contributed by atoms with E-state index in [9.17, 15) is 8.42 Å². The standard InChI is InChI=1S/C16H17NO4S/c1-12-5-2-3-6-14(12)17-22(18,19)13-7-8-15-16(11-13)21-10-4-9-20-15/h2-3,5-8,11,17H,4,9-10H2,1H3. The number of hydrogen-bond acceptors (Lipinski definition) is 4. The van der Waals surface area contributed by atoms with Crippen LogP contribution in [0.25, 0.3) is 0 Å². The molecule has 116 valence electrons. The van der Waals surface area contributed by atoms with Crippen molar-refractivity contribution in [3.8, 4) is 11.5 Å². The fraction of sp³-hybridized carbons (Fsp3) is 0.250. The van der Waals surface area contributed by atoms with E-state index in [-0.39, 0.29) is 4.90 Å². The van der Waals surface area contributed by atoms with Gasteiger partial charge >= 0.3 is 0 Å². The number of anilines is 1. The van der Waals surface area contributed by atoms with E-state index in [2.05, 4.69) is 4.72 Å². The molecule has 1 heterocycles. The van der Waals surface area contributed by atoms with Gasteiger partial charge in [-0.05, 0) is 30.7 Å². The van der Waals surface area contributed by atoms with Gasteiger partial charge < -0.3 is 9.47 Å². The summed E-state index contributed by atoms with van der Waals surface area (Å²) < 4.78 is 38.7. The van der Waals surface area contributed by atoms with Crippen molar-refractivity contribution in [1.82, 2.24) is 0 Å². The Kier molecular flexibility index (Phi) is 3.94. The van der Waals surface area contributed by atoms with Gasteiger partial charge in [0.15, 0.2) is 11.5 Å². The van der Waals surface area contributed by atoms with E-state index < -0.39 is 10.0 Å². The van der Waals surface area contributed by atoms with E-state index in [0.29, 0.717) is 30.4 Å². The molecule has 2 aromatic carbocycles. The summed E-state index contributed by atoms with van der Waals surface area (Å²) in [5, 5.41) is 0. The molecule has 0 unspecified atom stereocenters. The Morgan fingerprint density at radius 3 is 2.50 bits per heavy atom. The second-order valence-corrected chi connectivity index (χ2v) is 6.76. The molecule has 0 aromatic heterocycles. The largest absolute Gasteiger partial charge is 0.490 e. The lowest BCUT2D eigenvalue weighted by atomic mass is 10.2. The number of rotatable bonds is 3. The smallest absolute Gasteiger partial charge is 0.262 e. The van der Waals surface area contributed by atoms with Crippen LogP contribution in [-0.2, 0) is 10.0 Å². The van der Waals surface area contributed by atoms with E-state index in [0.717, 1.165) is 12.0 Å². The average Bonchev–Trinajstić information content (AvgIpc) is 2.74. The Hall–Kier alpha value is -2.21. The number of benzene rings is 2. The molecule has 6 heteroatoms. The summed E-state index contributed by atoms with van der Waals surface area (Å²) in [7, 11) is -3.67. The van der Waals surface area contributed by atoms with Crippen molar-refractivity contribution in [2.75, 3.05) is 17.9 Å². The first-order valence-corrected chi connectivity index (χ1v) is 8.53. The van der Waals surface area contributed by atoms with E-state index in [1.807, 2.05) is 19.1 Å². The van der Waals surface area contributed by atoms with Crippen LogP contribution in [0.1, 0.15) is 12.0 Å². The minimum absolute atomic E-state index is 0.153. The predicted molar refractivity (Wildman–Crippen MR) is 84.0 cm³/mol. The molecule has 0 atom stereocenters. The van der Waals surface area contributed by atoms with Crippen molar-refractivity contribution in [3.05, 3.63) is 48.0 Å². The Morgan fingerprint density at radius 1 is 1.00 bits per heavy atom. The normalized spacial score (nSPS) is 14.2. The zero-order valence-electron chi connectivity index (χ0n) is 12.2. The highest BCUT2D eigenvalue weighted by Gasteiger charge is 2.19. The van der Waals surface area contributed by atoms with Crippen molar-refractivity contribution < 1.29 is 17.9 Å². The molecule has 22 heavy (non-hydrogen) atoms. The third kappa shape index (κ3) is 3.01. The topological polar surface area (TPSA) is 64.6 Å². The number of fused-ring (bicyclic) bond motifs is 1. The van der Waals surface area contributed by atoms with Crippen LogP contribution < -0.4 is 14.2 Å². The molecule has 1 aliphatic rings. The first-order chi connectivity index (χ1) is 10.6. The van der Waals surface area contributed by atoms with E-state index in [1.165, 1.54) is 12.1 Å². The highest BCUT2D eigenvalue weighted by Crippen LogP contribution is 2.32. The average molecular weight is 319 g/mol. The predicted octanol–water partition coefficient (Wildman–Crippen LogP) is 2.96. The van der Waals surface area contributed by atoms with Crippen molar-refractivity contribution in [2.45, 2.75) is 18.2 Å². The van der Waals surface area contributed by atoms with Crippen molar-refractivity contribution in [2.24, 2.45) is 0 Å². The molecule has 1 aliphatic heterocycles. The van der Waals surface area contributed by atoms with Gasteiger partial charge in [0.25, 0.3) is 10.0 Å². The van der Waals surface area contributed by atoms with Gasteiger partial charge in [0.1, 0.15) is 0 Å². The summed E-state index contributed by atoms with van der Waals surface area (Å²) in [6.07, 6.45) is 0.776. The number of ether oxygens (including phenoxy) is 2. The van der Waals surface area contributed by atoms with E-state index in [4.69, 9.17) is 9.47 Å². The minimum atomic E-state index is -3.67. The van der Waals surface area contributed by atoms with Crippen LogP contribution in [-0.4, -0.2) is 21.6 Å². The van der Waals surface area contributed by atoms with Gasteiger partial charge in [-0.15, -0.1) is 0 Å². The summed E-state index contributed by atoms with van der Waals surface area (Å²) in [5.74, 6) is 1.04. The SMILES string of the molecule is Cc1ccccc1NS(=O)(=O)c1ccc2c(c1)OCCCO2. The third-order valence-electron chi connectivity index (χ3n) is 3.42. The second kappa shape index (κ2) is 5.88. The van der Waals surface area contributed by atoms with Crippen molar-refractivity contribution in [1.29, 1.82) is 0 Å². The fourth-order valence-corrected chi connectivity index (χ4v) is 3.35. The molecule has 0 aliphatic carbocycles. The summed E-state index contributed by atoms with van der Waals surface area (Å²) in [4.78, 5) is 0.153. The van der Waals surface area contributed by atoms with Crippen LogP contribution in [0.15, 0.2) is 47.4 Å². The second-order valence-electron chi connectivity index (χ2n) is 5.08. The molecular weight excluding hydrogens is 302 g/mol. The van der Waals surface area contributed by atoms with Gasteiger partial charge in [-0.2, -0.15) is 0 Å². The Bertz CT molecular complexity index is 786. The molecule has 0 radical (unpaired) electrons. The highest BCUT2D eigenvalue weighted by atomic mass is 32.2. The molecule has 0 saturated heterocycles. The van der Waals surface area contributed by atoms with Gasteiger partial charge in [0.05, 0.1) is 23.8 Å². The quantitative estimate of drug-likeness (QED) is 0.944. The number of aryl methyl sites for hydroxylation is 1. The minimum Gasteiger partial charge on any atom is -0.490 e. The molecule has 0 bridgehead atoms. The zero-order chi connectivity index (χ0) is 15.6. The van der Waals surface area contributed by atoms with Gasteiger partial charge in [-0.1, -0.05) is 18.2 Å². The summed E-state index contributed by atoms with van der Waals surface area (Å²) in [6.45, 7) is 2.94. The molecule has 3 rings (SSSR count). The van der Waals surface area contributed by atoms with Crippen LogP contribution in [0.4, 0.5) is 5.69 Å². The molecule has 0 amide bonds. The molecular formula is C16H17NO4S. The Labute approximate surface area is 129 Å². The summed E-state index contributed by atoms with van der Waals surface area (Å²) in [6, 6.07) is 11.9. The summed E-state index contributed by atoms with van der Waals surface area (Å²) in [5.41, 5.74) is 1.43. The number of nitrogens with one attached hydrogen (secondary N) is 1. The summed E-state index contributed by atoms with van der Waals surface area (Å²) >= 11 is 0. The maximum absolute atomic E-state index is 12.5. The first-order valence-electron chi connectivity index (χ1n) is 7.04. The van der Waals surface area contributed by atoms with Gasteiger partial charge in [-0.25, -0.2) is 8.42 Å². The first kappa shape index (κ1) is 14.7. The zero-order valence-corrected chi connectivity index (χ0v) is 13.0. The Balaban J connectivity index is 1.92. The van der Waals surface area contributed by atoms with Crippen LogP contribution >= 0.6 is 0 Å². The van der Waals surface area contributed by atoms with Crippen LogP contribution in [0.3, 0.4) is 0 Å². The molecule has 0 fully saturated rings. The van der Waals surface area contributed by atoms with Crippen LogP contribution in [0.5, 0.6) is 11.5 Å². The lowest BCUT2D eigenvalue weighted by Gasteiger charge is -2.12. The maximum Gasteiger partial charge on any atom is 0.262 e. The van der Waals surface area contributed by atoms with E-state index >= 15 is 0 Å².